The van der Waals surface area contributed by atoms with Crippen LogP contribution in [0.1, 0.15) is 25.8 Å². The molecule has 0 aliphatic rings. The molecule has 8 heteroatoms. The van der Waals surface area contributed by atoms with Gasteiger partial charge in [-0.25, -0.2) is 4.39 Å². The van der Waals surface area contributed by atoms with Gasteiger partial charge in [-0.05, 0) is 55.8 Å². The van der Waals surface area contributed by atoms with E-state index in [-0.39, 0.29) is 21.9 Å². The number of sulfonamides is 1. The van der Waals surface area contributed by atoms with E-state index in [9.17, 15) is 17.9 Å². The molecule has 0 radical (unpaired) electrons. The summed E-state index contributed by atoms with van der Waals surface area (Å²) in [6, 6.07) is 9.28. The summed E-state index contributed by atoms with van der Waals surface area (Å²) in [4.78, 5) is 2.12. The van der Waals surface area contributed by atoms with Crippen LogP contribution in [0.2, 0.25) is 0 Å². The Morgan fingerprint density at radius 3 is 2.48 bits per heavy atom. The van der Waals surface area contributed by atoms with Crippen molar-refractivity contribution in [2.24, 2.45) is 5.10 Å². The topological polar surface area (TPSA) is 88.0 Å². The highest BCUT2D eigenvalue weighted by molar-refractivity contribution is 7.89. The van der Waals surface area contributed by atoms with Gasteiger partial charge in [-0.3, -0.25) is 0 Å². The molecule has 6 nitrogen and oxygen atoms in total. The fourth-order valence-corrected chi connectivity index (χ4v) is 2.95. The summed E-state index contributed by atoms with van der Waals surface area (Å²) in [5, 5.41) is 13.7. The van der Waals surface area contributed by atoms with Crippen LogP contribution in [0.15, 0.2) is 52.5 Å². The number of hydrogen-bond donors (Lipinski definition) is 2. The normalized spacial score (nSPS) is 12.0. The summed E-state index contributed by atoms with van der Waals surface area (Å²) in [6.45, 7) is 4.02. The summed E-state index contributed by atoms with van der Waals surface area (Å²) in [5.41, 5.74) is 0.350. The van der Waals surface area contributed by atoms with Gasteiger partial charge in [0.15, 0.2) is 0 Å². The first kappa shape index (κ1) is 18.7. The number of hydrogen-bond acceptors (Lipinski definition) is 5. The minimum absolute atomic E-state index is 0.0126. The average molecular weight is 366 g/mol. The van der Waals surface area contributed by atoms with Gasteiger partial charge in [0.2, 0.25) is 0 Å². The minimum atomic E-state index is -3.90. The van der Waals surface area contributed by atoms with Gasteiger partial charge in [0, 0.05) is 5.56 Å². The Morgan fingerprint density at radius 1 is 1.20 bits per heavy atom. The van der Waals surface area contributed by atoms with Gasteiger partial charge in [-0.15, -0.1) is 0 Å². The number of ether oxygens (including phenoxy) is 1. The zero-order valence-corrected chi connectivity index (χ0v) is 14.7. The van der Waals surface area contributed by atoms with Crippen LogP contribution in [0.4, 0.5) is 4.39 Å². The molecule has 25 heavy (non-hydrogen) atoms. The molecule has 2 rings (SSSR count). The fraction of sp³-hybridized carbons (Fsp3) is 0.235. The van der Waals surface area contributed by atoms with E-state index in [0.717, 1.165) is 12.1 Å². The molecule has 0 saturated carbocycles. The van der Waals surface area contributed by atoms with Crippen molar-refractivity contribution in [2.75, 3.05) is 6.61 Å². The number of phenolic OH excluding ortho intramolecular Hbond substituents is 1. The second kappa shape index (κ2) is 7.98. The van der Waals surface area contributed by atoms with Gasteiger partial charge in [0.25, 0.3) is 10.0 Å². The number of hydrazone groups is 1. The lowest BCUT2D eigenvalue weighted by Gasteiger charge is -2.09. The monoisotopic (exact) mass is 366 g/mol. The van der Waals surface area contributed by atoms with E-state index in [2.05, 4.69) is 9.93 Å². The van der Waals surface area contributed by atoms with Crippen molar-refractivity contribution in [3.63, 3.8) is 0 Å². The van der Waals surface area contributed by atoms with Crippen LogP contribution in [-0.2, 0) is 10.0 Å². The highest BCUT2D eigenvalue weighted by atomic mass is 32.2. The Hall–Kier alpha value is -2.61. The lowest BCUT2D eigenvalue weighted by Crippen LogP contribution is -2.20. The largest absolute Gasteiger partial charge is 0.507 e. The molecule has 2 aromatic carbocycles. The third kappa shape index (κ3) is 4.69. The van der Waals surface area contributed by atoms with Crippen LogP contribution in [0.5, 0.6) is 11.5 Å². The third-order valence-corrected chi connectivity index (χ3v) is 4.57. The molecule has 0 aromatic heterocycles. The Balaban J connectivity index is 2.26. The maximum atomic E-state index is 13.4. The van der Waals surface area contributed by atoms with Gasteiger partial charge in [0.05, 0.1) is 17.2 Å². The molecule has 0 saturated heterocycles. The van der Waals surface area contributed by atoms with Crippen LogP contribution < -0.4 is 9.57 Å². The molecule has 134 valence electrons. The lowest BCUT2D eigenvalue weighted by atomic mass is 10.1. The first-order chi connectivity index (χ1) is 11.9. The molecule has 0 amide bonds. The van der Waals surface area contributed by atoms with Crippen molar-refractivity contribution in [2.45, 2.75) is 25.2 Å². The highest BCUT2D eigenvalue weighted by Gasteiger charge is 2.15. The van der Waals surface area contributed by atoms with Crippen LogP contribution in [0.3, 0.4) is 0 Å². The van der Waals surface area contributed by atoms with E-state index in [1.54, 1.807) is 19.1 Å². The van der Waals surface area contributed by atoms with E-state index in [1.807, 2.05) is 6.92 Å². The second-order valence-corrected chi connectivity index (χ2v) is 6.73. The minimum Gasteiger partial charge on any atom is -0.507 e. The Bertz CT molecular complexity index is 865. The van der Waals surface area contributed by atoms with Gasteiger partial charge < -0.3 is 9.84 Å². The number of rotatable bonds is 7. The molecule has 2 N–H and O–H groups in total. The van der Waals surface area contributed by atoms with Gasteiger partial charge in [-0.2, -0.15) is 18.4 Å². The quantitative estimate of drug-likeness (QED) is 0.582. The smallest absolute Gasteiger partial charge is 0.276 e. The number of nitrogens with one attached hydrogen (secondary N) is 1. The third-order valence-electron chi connectivity index (χ3n) is 3.35. The van der Waals surface area contributed by atoms with Crippen molar-refractivity contribution in [1.82, 2.24) is 4.83 Å². The maximum absolute atomic E-state index is 13.4. The van der Waals surface area contributed by atoms with Crippen molar-refractivity contribution >= 4 is 15.7 Å². The summed E-state index contributed by atoms with van der Waals surface area (Å²) >= 11 is 0. The van der Waals surface area contributed by atoms with Gasteiger partial charge in [0.1, 0.15) is 17.3 Å². The zero-order chi connectivity index (χ0) is 18.4. The number of nitrogens with zero attached hydrogens (tertiary/aromatic N) is 1. The van der Waals surface area contributed by atoms with Crippen LogP contribution in [0.25, 0.3) is 0 Å². The molecule has 0 unspecified atom stereocenters. The lowest BCUT2D eigenvalue weighted by molar-refractivity contribution is 0.340. The van der Waals surface area contributed by atoms with E-state index in [1.165, 1.54) is 18.2 Å². The van der Waals surface area contributed by atoms with E-state index in [4.69, 9.17) is 4.74 Å². The second-order valence-electron chi connectivity index (χ2n) is 5.07. The van der Waals surface area contributed by atoms with Crippen molar-refractivity contribution in [3.8, 4) is 11.5 Å². The molecule has 0 aliphatic heterocycles. The molecular formula is C17H19FN2O4S. The maximum Gasteiger partial charge on any atom is 0.276 e. The first-order valence-electron chi connectivity index (χ1n) is 7.67. The summed E-state index contributed by atoms with van der Waals surface area (Å²) in [6.07, 6.45) is 0.294. The molecule has 0 heterocycles. The molecular weight excluding hydrogens is 347 g/mol. The Labute approximate surface area is 146 Å². The van der Waals surface area contributed by atoms with E-state index >= 15 is 0 Å². The molecule has 2 aromatic rings. The van der Waals surface area contributed by atoms with Crippen LogP contribution in [0, 0.1) is 5.82 Å². The Kier molecular flexibility index (Phi) is 5.97. The fourth-order valence-electron chi connectivity index (χ4n) is 2.12. The molecule has 0 aliphatic carbocycles. The summed E-state index contributed by atoms with van der Waals surface area (Å²) < 4.78 is 43.3. The molecule has 0 spiro atoms. The molecule has 0 atom stereocenters. The number of phenols is 1. The highest BCUT2D eigenvalue weighted by Crippen LogP contribution is 2.20. The van der Waals surface area contributed by atoms with Crippen molar-refractivity contribution in [3.05, 3.63) is 53.8 Å². The van der Waals surface area contributed by atoms with Gasteiger partial charge >= 0.3 is 0 Å². The molecule has 0 fully saturated rings. The first-order valence-corrected chi connectivity index (χ1v) is 9.15. The number of aromatic hydroxyl groups is 1. The SMILES string of the molecule is CCOc1ccc(S(=O)(=O)N/N=C(\CC)c2cc(F)ccc2O)cc1. The van der Waals surface area contributed by atoms with E-state index < -0.39 is 15.8 Å². The summed E-state index contributed by atoms with van der Waals surface area (Å²) in [5.74, 6) is -0.172. The predicted octanol–water partition coefficient (Wildman–Crippen LogP) is 3.02. The molecule has 0 bridgehead atoms. The number of halogens is 1. The van der Waals surface area contributed by atoms with Gasteiger partial charge in [-0.1, -0.05) is 6.92 Å². The number of benzene rings is 2. The van der Waals surface area contributed by atoms with E-state index in [0.29, 0.717) is 18.8 Å². The van der Waals surface area contributed by atoms with Crippen LogP contribution >= 0.6 is 0 Å². The van der Waals surface area contributed by atoms with Crippen molar-refractivity contribution < 1.29 is 22.7 Å². The average Bonchev–Trinajstić information content (AvgIpc) is 2.59. The Morgan fingerprint density at radius 2 is 1.88 bits per heavy atom. The van der Waals surface area contributed by atoms with Crippen LogP contribution in [-0.4, -0.2) is 25.8 Å². The summed E-state index contributed by atoms with van der Waals surface area (Å²) in [7, 11) is -3.90. The standard InChI is InChI=1S/C17H19FN2O4S/c1-3-16(15-11-12(18)5-10-17(15)21)19-20-25(22,23)14-8-6-13(7-9-14)24-4-2/h5-11,20-21H,3-4H2,1-2H3/b19-16+. The predicted molar refractivity (Wildman–Crippen MR) is 92.8 cm³/mol. The van der Waals surface area contributed by atoms with Crippen molar-refractivity contribution in [1.29, 1.82) is 0 Å². The zero-order valence-electron chi connectivity index (χ0n) is 13.9.